The van der Waals surface area contributed by atoms with Crippen LogP contribution in [0, 0.1) is 0 Å². The van der Waals surface area contributed by atoms with Crippen molar-refractivity contribution in [2.45, 2.75) is 0 Å². The summed E-state index contributed by atoms with van der Waals surface area (Å²) in [6.45, 7) is 0. The molecule has 0 fully saturated rings. The van der Waals surface area contributed by atoms with Gasteiger partial charge in [-0.15, -0.1) is 0 Å². The van der Waals surface area contributed by atoms with E-state index in [-0.39, 0.29) is 0 Å². The Morgan fingerprint density at radius 2 is 1.55 bits per heavy atom. The average molecular weight is 306 g/mol. The molecule has 0 N–H and O–H groups in total. The zero-order chi connectivity index (χ0) is 14.9. The summed E-state index contributed by atoms with van der Waals surface area (Å²) < 4.78 is 1.78. The third kappa shape index (κ3) is 2.07. The van der Waals surface area contributed by atoms with Gasteiger partial charge in [0.15, 0.2) is 0 Å². The van der Waals surface area contributed by atoms with Crippen molar-refractivity contribution < 1.29 is 0 Å². The van der Waals surface area contributed by atoms with Crippen molar-refractivity contribution in [2.24, 2.45) is 0 Å². The van der Waals surface area contributed by atoms with Crippen LogP contribution in [0.4, 0.5) is 0 Å². The van der Waals surface area contributed by atoms with E-state index in [1.165, 1.54) is 0 Å². The summed E-state index contributed by atoms with van der Waals surface area (Å²) in [5, 5.41) is 5.32. The normalized spacial score (nSPS) is 11.0. The maximum absolute atomic E-state index is 6.31. The Hall–Kier alpha value is -2.65. The molecule has 0 spiro atoms. The molecule has 0 aliphatic carbocycles. The van der Waals surface area contributed by atoms with Gasteiger partial charge in [0.05, 0.1) is 5.52 Å². The lowest BCUT2D eigenvalue weighted by atomic mass is 10.0. The molecule has 0 bridgehead atoms. The molecule has 0 saturated heterocycles. The highest BCUT2D eigenvalue weighted by molar-refractivity contribution is 6.29. The molecule has 0 aliphatic heterocycles. The summed E-state index contributed by atoms with van der Waals surface area (Å²) in [4.78, 5) is 4.10. The third-order valence-electron chi connectivity index (χ3n) is 3.63. The number of fused-ring (bicyclic) bond motifs is 1. The number of benzene rings is 1. The van der Waals surface area contributed by atoms with E-state index in [0.29, 0.717) is 5.15 Å². The van der Waals surface area contributed by atoms with E-state index >= 15 is 0 Å². The third-order valence-corrected chi connectivity index (χ3v) is 3.91. The SMILES string of the molecule is Clc1cccc2c(-c3ccncc3)c(-c3ccccc3)nn12. The van der Waals surface area contributed by atoms with Crippen LogP contribution in [-0.4, -0.2) is 14.6 Å². The summed E-state index contributed by atoms with van der Waals surface area (Å²) in [5.74, 6) is 0. The van der Waals surface area contributed by atoms with Crippen molar-refractivity contribution >= 4 is 17.1 Å². The van der Waals surface area contributed by atoms with Gasteiger partial charge in [-0.05, 0) is 29.8 Å². The average Bonchev–Trinajstić information content (AvgIpc) is 2.97. The summed E-state index contributed by atoms with van der Waals surface area (Å²) in [6, 6.07) is 19.9. The molecule has 0 amide bonds. The van der Waals surface area contributed by atoms with E-state index in [0.717, 1.165) is 27.9 Å². The standard InChI is InChI=1S/C18H12ClN3/c19-16-8-4-7-15-17(13-9-11-20-12-10-13)18(21-22(15)16)14-5-2-1-3-6-14/h1-12H. The Kier molecular flexibility index (Phi) is 3.13. The Morgan fingerprint density at radius 1 is 0.773 bits per heavy atom. The van der Waals surface area contributed by atoms with Gasteiger partial charge in [0.25, 0.3) is 0 Å². The van der Waals surface area contributed by atoms with E-state index in [4.69, 9.17) is 16.7 Å². The van der Waals surface area contributed by atoms with Gasteiger partial charge in [-0.3, -0.25) is 4.98 Å². The monoisotopic (exact) mass is 305 g/mol. The highest BCUT2D eigenvalue weighted by Crippen LogP contribution is 2.35. The minimum atomic E-state index is 0.593. The first-order chi connectivity index (χ1) is 10.8. The maximum Gasteiger partial charge on any atom is 0.131 e. The predicted molar refractivity (Wildman–Crippen MR) is 88.9 cm³/mol. The molecule has 0 atom stereocenters. The van der Waals surface area contributed by atoms with Crippen LogP contribution in [0.2, 0.25) is 5.15 Å². The molecule has 3 heterocycles. The Bertz CT molecular complexity index is 931. The topological polar surface area (TPSA) is 30.2 Å². The number of hydrogen-bond acceptors (Lipinski definition) is 2. The molecule has 0 aliphatic rings. The van der Waals surface area contributed by atoms with Crippen LogP contribution in [0.5, 0.6) is 0 Å². The Morgan fingerprint density at radius 3 is 2.32 bits per heavy atom. The lowest BCUT2D eigenvalue weighted by Gasteiger charge is -2.03. The van der Waals surface area contributed by atoms with E-state index in [2.05, 4.69) is 17.1 Å². The fraction of sp³-hybridized carbons (Fsp3) is 0. The van der Waals surface area contributed by atoms with Crippen LogP contribution in [0.3, 0.4) is 0 Å². The lowest BCUT2D eigenvalue weighted by Crippen LogP contribution is -1.88. The number of aromatic nitrogens is 3. The summed E-state index contributed by atoms with van der Waals surface area (Å²) in [5.41, 5.74) is 5.11. The molecule has 106 valence electrons. The fourth-order valence-corrected chi connectivity index (χ4v) is 2.84. The first-order valence-corrected chi connectivity index (χ1v) is 7.35. The van der Waals surface area contributed by atoms with Gasteiger partial charge < -0.3 is 0 Å². The van der Waals surface area contributed by atoms with Gasteiger partial charge in [-0.1, -0.05) is 48.0 Å². The minimum absolute atomic E-state index is 0.593. The molecule has 0 radical (unpaired) electrons. The van der Waals surface area contributed by atoms with Crippen molar-refractivity contribution in [2.75, 3.05) is 0 Å². The minimum Gasteiger partial charge on any atom is -0.265 e. The molecular weight excluding hydrogens is 294 g/mol. The van der Waals surface area contributed by atoms with Gasteiger partial charge in [0.1, 0.15) is 10.8 Å². The molecule has 22 heavy (non-hydrogen) atoms. The molecule has 4 rings (SSSR count). The van der Waals surface area contributed by atoms with Crippen molar-refractivity contribution in [1.29, 1.82) is 0 Å². The maximum atomic E-state index is 6.31. The number of hydrogen-bond donors (Lipinski definition) is 0. The first-order valence-electron chi connectivity index (χ1n) is 6.97. The number of halogens is 1. The van der Waals surface area contributed by atoms with E-state index in [9.17, 15) is 0 Å². The van der Waals surface area contributed by atoms with Gasteiger partial charge in [0, 0.05) is 23.5 Å². The highest BCUT2D eigenvalue weighted by atomic mass is 35.5. The second-order valence-electron chi connectivity index (χ2n) is 4.97. The zero-order valence-electron chi connectivity index (χ0n) is 11.6. The van der Waals surface area contributed by atoms with Crippen molar-refractivity contribution in [3.8, 4) is 22.4 Å². The summed E-state index contributed by atoms with van der Waals surface area (Å²) in [6.07, 6.45) is 3.58. The summed E-state index contributed by atoms with van der Waals surface area (Å²) in [7, 11) is 0. The number of pyridine rings is 2. The Labute approximate surface area is 132 Å². The van der Waals surface area contributed by atoms with Crippen LogP contribution in [0.1, 0.15) is 0 Å². The fourth-order valence-electron chi connectivity index (χ4n) is 2.64. The smallest absolute Gasteiger partial charge is 0.131 e. The van der Waals surface area contributed by atoms with Gasteiger partial charge in [-0.25, -0.2) is 4.52 Å². The van der Waals surface area contributed by atoms with Crippen molar-refractivity contribution in [1.82, 2.24) is 14.6 Å². The second-order valence-corrected chi connectivity index (χ2v) is 5.36. The molecule has 4 heteroatoms. The van der Waals surface area contributed by atoms with E-state index in [1.54, 1.807) is 16.9 Å². The Balaban J connectivity index is 2.10. The van der Waals surface area contributed by atoms with E-state index in [1.807, 2.05) is 48.5 Å². The van der Waals surface area contributed by atoms with Crippen LogP contribution in [0.25, 0.3) is 27.9 Å². The second kappa shape index (κ2) is 5.28. The van der Waals surface area contributed by atoms with Crippen molar-refractivity contribution in [3.05, 3.63) is 78.2 Å². The van der Waals surface area contributed by atoms with Gasteiger partial charge in [-0.2, -0.15) is 5.10 Å². The highest BCUT2D eigenvalue weighted by Gasteiger charge is 2.17. The molecule has 3 aromatic heterocycles. The molecule has 0 unspecified atom stereocenters. The van der Waals surface area contributed by atoms with Crippen LogP contribution >= 0.6 is 11.6 Å². The molecule has 1 aromatic carbocycles. The van der Waals surface area contributed by atoms with Crippen LogP contribution in [0.15, 0.2) is 73.1 Å². The number of nitrogens with zero attached hydrogens (tertiary/aromatic N) is 3. The zero-order valence-corrected chi connectivity index (χ0v) is 12.4. The van der Waals surface area contributed by atoms with Crippen LogP contribution < -0.4 is 0 Å². The lowest BCUT2D eigenvalue weighted by molar-refractivity contribution is 0.966. The van der Waals surface area contributed by atoms with Crippen molar-refractivity contribution in [3.63, 3.8) is 0 Å². The van der Waals surface area contributed by atoms with Crippen LogP contribution in [-0.2, 0) is 0 Å². The number of rotatable bonds is 2. The predicted octanol–water partition coefficient (Wildman–Crippen LogP) is 4.72. The quantitative estimate of drug-likeness (QED) is 0.502. The largest absolute Gasteiger partial charge is 0.265 e. The molecular formula is C18H12ClN3. The van der Waals surface area contributed by atoms with Gasteiger partial charge >= 0.3 is 0 Å². The molecule has 0 saturated carbocycles. The first kappa shape index (κ1) is 13.0. The van der Waals surface area contributed by atoms with Gasteiger partial charge in [0.2, 0.25) is 0 Å². The molecule has 4 aromatic rings. The molecule has 3 nitrogen and oxygen atoms in total. The van der Waals surface area contributed by atoms with E-state index < -0.39 is 0 Å². The summed E-state index contributed by atoms with van der Waals surface area (Å²) >= 11 is 6.31.